The molecule has 0 radical (unpaired) electrons. The van der Waals surface area contributed by atoms with Gasteiger partial charge in [0.05, 0.1) is 6.10 Å². The molecule has 1 saturated heterocycles. The maximum absolute atomic E-state index is 12.0. The number of hydrogen-bond acceptors (Lipinski definition) is 4. The molecule has 5 heteroatoms. The lowest BCUT2D eigenvalue weighted by Crippen LogP contribution is -2.35. The quantitative estimate of drug-likeness (QED) is 0.846. The number of rotatable bonds is 4. The van der Waals surface area contributed by atoms with Gasteiger partial charge in [0.25, 0.3) is 0 Å². The average molecular weight is 333 g/mol. The second-order valence-corrected chi connectivity index (χ2v) is 6.91. The van der Waals surface area contributed by atoms with Crippen LogP contribution in [-0.2, 0) is 9.47 Å². The van der Waals surface area contributed by atoms with Crippen LogP contribution in [0.15, 0.2) is 24.3 Å². The maximum atomic E-state index is 12.0. The van der Waals surface area contributed by atoms with E-state index >= 15 is 0 Å². The van der Waals surface area contributed by atoms with Crippen LogP contribution in [0.5, 0.6) is 5.75 Å². The molecule has 2 aliphatic rings. The molecule has 1 aromatic carbocycles. The Labute approximate surface area is 143 Å². The number of phenolic OH excluding ortho intramolecular Hbond substituents is 1. The Morgan fingerprint density at radius 2 is 1.96 bits per heavy atom. The molecule has 1 saturated carbocycles. The van der Waals surface area contributed by atoms with Crippen molar-refractivity contribution in [1.82, 2.24) is 4.90 Å². The summed E-state index contributed by atoms with van der Waals surface area (Å²) in [6.45, 7) is 2.87. The summed E-state index contributed by atoms with van der Waals surface area (Å²) < 4.78 is 11.0. The second kappa shape index (κ2) is 7.88. The van der Waals surface area contributed by atoms with E-state index in [0.717, 1.165) is 50.6 Å². The summed E-state index contributed by atoms with van der Waals surface area (Å²) in [5.41, 5.74) is 1.03. The number of hydrogen-bond donors (Lipinski definition) is 1. The Morgan fingerprint density at radius 3 is 2.62 bits per heavy atom. The molecule has 1 heterocycles. The fourth-order valence-electron chi connectivity index (χ4n) is 3.84. The maximum Gasteiger partial charge on any atom is 0.412 e. The molecule has 24 heavy (non-hydrogen) atoms. The highest BCUT2D eigenvalue weighted by molar-refractivity contribution is 5.68. The Bertz CT molecular complexity index is 554. The molecular formula is C19H27NO4. The zero-order valence-corrected chi connectivity index (χ0v) is 14.3. The lowest BCUT2D eigenvalue weighted by Gasteiger charge is -2.29. The molecular weight excluding hydrogens is 306 g/mol. The van der Waals surface area contributed by atoms with Crippen LogP contribution in [0.2, 0.25) is 0 Å². The van der Waals surface area contributed by atoms with E-state index in [-0.39, 0.29) is 25.0 Å². The predicted octanol–water partition coefficient (Wildman–Crippen LogP) is 4.01. The molecule has 2 fully saturated rings. The lowest BCUT2D eigenvalue weighted by atomic mass is 9.82. The molecule has 5 nitrogen and oxygen atoms in total. The zero-order valence-electron chi connectivity index (χ0n) is 14.3. The van der Waals surface area contributed by atoms with Gasteiger partial charge in [0.1, 0.15) is 5.75 Å². The van der Waals surface area contributed by atoms with Crippen LogP contribution in [-0.4, -0.2) is 41.6 Å². The average Bonchev–Trinajstić information content (AvgIpc) is 3.02. The van der Waals surface area contributed by atoms with Crippen LogP contribution in [0.4, 0.5) is 4.79 Å². The Morgan fingerprint density at radius 1 is 1.21 bits per heavy atom. The zero-order chi connectivity index (χ0) is 16.9. The molecule has 1 N–H and O–H groups in total. The van der Waals surface area contributed by atoms with Gasteiger partial charge >= 0.3 is 6.09 Å². The predicted molar refractivity (Wildman–Crippen MR) is 90.9 cm³/mol. The summed E-state index contributed by atoms with van der Waals surface area (Å²) in [4.78, 5) is 13.7. The van der Waals surface area contributed by atoms with Crippen molar-refractivity contribution < 1.29 is 19.4 Å². The van der Waals surface area contributed by atoms with Crippen molar-refractivity contribution in [3.05, 3.63) is 29.8 Å². The molecule has 1 unspecified atom stereocenters. The Hall–Kier alpha value is -1.75. The number of ether oxygens (including phenoxy) is 2. The molecule has 1 aromatic rings. The first-order valence-corrected chi connectivity index (χ1v) is 8.98. The van der Waals surface area contributed by atoms with Crippen LogP contribution in [0.25, 0.3) is 0 Å². The highest BCUT2D eigenvalue weighted by Gasteiger charge is 2.27. The van der Waals surface area contributed by atoms with Gasteiger partial charge in [-0.2, -0.15) is 0 Å². The molecule has 1 amide bonds. The van der Waals surface area contributed by atoms with Crippen molar-refractivity contribution in [3.63, 3.8) is 0 Å². The summed E-state index contributed by atoms with van der Waals surface area (Å²) >= 11 is 0. The van der Waals surface area contributed by atoms with E-state index in [9.17, 15) is 9.90 Å². The molecule has 0 spiro atoms. The second-order valence-electron chi connectivity index (χ2n) is 6.91. The Kier molecular flexibility index (Phi) is 5.61. The van der Waals surface area contributed by atoms with Crippen LogP contribution in [0, 0.1) is 0 Å². The molecule has 132 valence electrons. The minimum absolute atomic E-state index is 0.0357. The van der Waals surface area contributed by atoms with Crippen LogP contribution in [0.3, 0.4) is 0 Å². The number of carbonyl (C=O) groups is 1. The molecule has 0 aromatic heterocycles. The summed E-state index contributed by atoms with van der Waals surface area (Å²) in [6, 6.07) is 7.84. The molecule has 1 aliphatic carbocycles. The molecule has 1 aliphatic heterocycles. The van der Waals surface area contributed by atoms with Crippen LogP contribution < -0.4 is 0 Å². The van der Waals surface area contributed by atoms with Crippen LogP contribution >= 0.6 is 0 Å². The van der Waals surface area contributed by atoms with Gasteiger partial charge < -0.3 is 19.5 Å². The van der Waals surface area contributed by atoms with E-state index in [0.29, 0.717) is 11.7 Å². The number of benzene rings is 1. The van der Waals surface area contributed by atoms with Gasteiger partial charge in [-0.25, -0.2) is 4.79 Å². The summed E-state index contributed by atoms with van der Waals surface area (Å²) in [5, 5.41) is 9.96. The summed E-state index contributed by atoms with van der Waals surface area (Å²) in [6.07, 6.45) is 5.80. The summed E-state index contributed by atoms with van der Waals surface area (Å²) in [5.74, 6) is 0.773. The van der Waals surface area contributed by atoms with E-state index < -0.39 is 0 Å². The third-order valence-electron chi connectivity index (χ3n) is 5.32. The minimum Gasteiger partial charge on any atom is -0.508 e. The van der Waals surface area contributed by atoms with E-state index in [1.165, 1.54) is 0 Å². The fraction of sp³-hybridized carbons (Fsp3) is 0.632. The highest BCUT2D eigenvalue weighted by atomic mass is 16.7. The molecule has 0 bridgehead atoms. The third kappa shape index (κ3) is 4.01. The first kappa shape index (κ1) is 17.1. The minimum atomic E-state index is -0.261. The monoisotopic (exact) mass is 333 g/mol. The number of para-hydroxylation sites is 1. The van der Waals surface area contributed by atoms with Crippen molar-refractivity contribution in [2.75, 3.05) is 13.3 Å². The normalized spacial score (nSPS) is 27.2. The van der Waals surface area contributed by atoms with Crippen molar-refractivity contribution in [2.24, 2.45) is 0 Å². The summed E-state index contributed by atoms with van der Waals surface area (Å²) in [7, 11) is 0. The van der Waals surface area contributed by atoms with Crippen molar-refractivity contribution in [3.8, 4) is 5.75 Å². The number of carbonyl (C=O) groups excluding carboxylic acids is 1. The SMILES string of the molecule is CC1CCCN1C(=O)OCOC1CCC(c2ccccc2O)CC1. The van der Waals surface area contributed by atoms with Crippen molar-refractivity contribution >= 4 is 6.09 Å². The van der Waals surface area contributed by atoms with Gasteiger partial charge in [-0.05, 0) is 63.0 Å². The standard InChI is InChI=1S/C19H27NO4/c1-14-5-4-12-20(14)19(22)24-13-23-16-10-8-15(9-11-16)17-6-2-3-7-18(17)21/h2-3,6-7,14-16,21H,4-5,8-13H2,1H3. The van der Waals surface area contributed by atoms with Gasteiger partial charge in [0.2, 0.25) is 0 Å². The smallest absolute Gasteiger partial charge is 0.412 e. The number of aromatic hydroxyl groups is 1. The third-order valence-corrected chi connectivity index (χ3v) is 5.32. The number of phenols is 1. The first-order valence-electron chi connectivity index (χ1n) is 8.98. The largest absolute Gasteiger partial charge is 0.508 e. The van der Waals surface area contributed by atoms with E-state index in [4.69, 9.17) is 9.47 Å². The number of likely N-dealkylation sites (tertiary alicyclic amines) is 1. The highest BCUT2D eigenvalue weighted by Crippen LogP contribution is 2.37. The lowest BCUT2D eigenvalue weighted by molar-refractivity contribution is -0.0770. The topological polar surface area (TPSA) is 59.0 Å². The van der Waals surface area contributed by atoms with Gasteiger partial charge in [0.15, 0.2) is 6.79 Å². The number of amides is 1. The van der Waals surface area contributed by atoms with E-state index in [1.54, 1.807) is 11.0 Å². The van der Waals surface area contributed by atoms with Gasteiger partial charge in [-0.3, -0.25) is 0 Å². The molecule has 3 rings (SSSR count). The van der Waals surface area contributed by atoms with Gasteiger partial charge in [-0.15, -0.1) is 0 Å². The fourth-order valence-corrected chi connectivity index (χ4v) is 3.84. The van der Waals surface area contributed by atoms with E-state index in [1.807, 2.05) is 18.2 Å². The van der Waals surface area contributed by atoms with Crippen molar-refractivity contribution in [2.45, 2.75) is 63.5 Å². The van der Waals surface area contributed by atoms with Gasteiger partial charge in [-0.1, -0.05) is 18.2 Å². The van der Waals surface area contributed by atoms with Crippen LogP contribution in [0.1, 0.15) is 56.9 Å². The van der Waals surface area contributed by atoms with Crippen molar-refractivity contribution in [1.29, 1.82) is 0 Å². The van der Waals surface area contributed by atoms with E-state index in [2.05, 4.69) is 6.92 Å². The van der Waals surface area contributed by atoms with Gasteiger partial charge in [0, 0.05) is 12.6 Å². The number of nitrogens with zero attached hydrogens (tertiary/aromatic N) is 1. The Balaban J connectivity index is 1.38. The molecule has 1 atom stereocenters. The first-order chi connectivity index (χ1) is 11.6.